The first kappa shape index (κ1) is 18.5. The maximum Gasteiger partial charge on any atom is 0.338 e. The van der Waals surface area contributed by atoms with Crippen molar-refractivity contribution in [3.05, 3.63) is 59.3 Å². The number of aromatic nitrogens is 1. The molecule has 0 aliphatic heterocycles. The Bertz CT molecular complexity index is 989. The number of H-pyrrole nitrogens is 1. The summed E-state index contributed by atoms with van der Waals surface area (Å²) in [6.45, 7) is 3.77. The minimum atomic E-state index is -0.593. The van der Waals surface area contributed by atoms with Gasteiger partial charge in [0.1, 0.15) is 0 Å². The van der Waals surface area contributed by atoms with E-state index in [0.717, 1.165) is 16.6 Å². The first-order valence-corrected chi connectivity index (χ1v) is 8.63. The summed E-state index contributed by atoms with van der Waals surface area (Å²) in [5.74, 6) is 0.133. The molecule has 0 fully saturated rings. The average Bonchev–Trinajstić information content (AvgIpc) is 3.01. The third-order valence-electron chi connectivity index (χ3n) is 4.21. The van der Waals surface area contributed by atoms with E-state index in [1.807, 2.05) is 38.1 Å². The van der Waals surface area contributed by atoms with Gasteiger partial charge in [-0.1, -0.05) is 18.2 Å². The van der Waals surface area contributed by atoms with Crippen LogP contribution >= 0.6 is 0 Å². The van der Waals surface area contributed by atoms with E-state index in [1.165, 1.54) is 7.11 Å². The summed E-state index contributed by atoms with van der Waals surface area (Å²) in [7, 11) is 1.53. The maximum absolute atomic E-state index is 12.6. The fourth-order valence-corrected chi connectivity index (χ4v) is 2.99. The molecule has 1 heterocycles. The number of methoxy groups -OCH3 is 1. The number of carbonyl (C=O) groups excluding carboxylic acids is 2. The number of para-hydroxylation sites is 1. The van der Waals surface area contributed by atoms with Crippen molar-refractivity contribution in [1.82, 2.24) is 4.98 Å². The predicted molar refractivity (Wildman–Crippen MR) is 102 cm³/mol. The molecule has 1 N–H and O–H groups in total. The summed E-state index contributed by atoms with van der Waals surface area (Å²) in [5.41, 5.74) is 2.47. The number of fused-ring (bicyclic) bond motifs is 1. The Morgan fingerprint density at radius 2 is 1.85 bits per heavy atom. The second kappa shape index (κ2) is 7.95. The van der Waals surface area contributed by atoms with E-state index < -0.39 is 5.97 Å². The molecular weight excluding hydrogens is 346 g/mol. The van der Waals surface area contributed by atoms with E-state index in [-0.39, 0.29) is 12.4 Å². The zero-order chi connectivity index (χ0) is 19.4. The Balaban J connectivity index is 1.74. The number of ketones is 1. The van der Waals surface area contributed by atoms with Crippen molar-refractivity contribution in [1.29, 1.82) is 0 Å². The van der Waals surface area contributed by atoms with Gasteiger partial charge in [-0.25, -0.2) is 4.79 Å². The molecule has 2 aromatic carbocycles. The lowest BCUT2D eigenvalue weighted by atomic mass is 10.1. The Morgan fingerprint density at radius 1 is 1.07 bits per heavy atom. The largest absolute Gasteiger partial charge is 0.493 e. The summed E-state index contributed by atoms with van der Waals surface area (Å²) in [5, 5.41) is 0.819. The summed E-state index contributed by atoms with van der Waals surface area (Å²) >= 11 is 0. The highest BCUT2D eigenvalue weighted by Crippen LogP contribution is 2.28. The van der Waals surface area contributed by atoms with Crippen LogP contribution in [0.5, 0.6) is 11.5 Å². The zero-order valence-electron chi connectivity index (χ0n) is 15.5. The summed E-state index contributed by atoms with van der Waals surface area (Å²) in [6.07, 6.45) is 0. The number of hydrogen-bond donors (Lipinski definition) is 1. The zero-order valence-corrected chi connectivity index (χ0v) is 15.5. The molecule has 6 nitrogen and oxygen atoms in total. The number of esters is 1. The topological polar surface area (TPSA) is 77.6 Å². The van der Waals surface area contributed by atoms with Crippen LogP contribution in [0.15, 0.2) is 42.5 Å². The van der Waals surface area contributed by atoms with Gasteiger partial charge in [0, 0.05) is 22.2 Å². The van der Waals surface area contributed by atoms with E-state index in [2.05, 4.69) is 4.98 Å². The molecule has 0 aliphatic rings. The minimum Gasteiger partial charge on any atom is -0.493 e. The molecular formula is C21H21NO5. The van der Waals surface area contributed by atoms with E-state index in [9.17, 15) is 9.59 Å². The molecule has 0 spiro atoms. The van der Waals surface area contributed by atoms with Crippen molar-refractivity contribution in [3.63, 3.8) is 0 Å². The summed E-state index contributed by atoms with van der Waals surface area (Å²) < 4.78 is 15.9. The number of hydrogen-bond acceptors (Lipinski definition) is 5. The van der Waals surface area contributed by atoms with Gasteiger partial charge in [-0.3, -0.25) is 4.79 Å². The smallest absolute Gasteiger partial charge is 0.338 e. The Labute approximate surface area is 157 Å². The number of ether oxygens (including phenoxy) is 3. The van der Waals surface area contributed by atoms with Crippen LogP contribution in [0.3, 0.4) is 0 Å². The lowest BCUT2D eigenvalue weighted by Gasteiger charge is -2.11. The molecule has 0 amide bonds. The van der Waals surface area contributed by atoms with Crippen molar-refractivity contribution < 1.29 is 23.8 Å². The highest BCUT2D eigenvalue weighted by Gasteiger charge is 2.19. The van der Waals surface area contributed by atoms with Gasteiger partial charge in [0.25, 0.3) is 0 Å². The standard InChI is InChI=1S/C21H21NO5/c1-4-26-19-11-14(9-10-18(19)25-3)21(24)27-12-17(23)20-13(2)22-16-8-6-5-7-15(16)20/h5-11,22H,4,12H2,1-3H3. The van der Waals surface area contributed by atoms with E-state index in [4.69, 9.17) is 14.2 Å². The molecule has 0 saturated heterocycles. The Hall–Kier alpha value is -3.28. The first-order valence-electron chi connectivity index (χ1n) is 8.63. The SMILES string of the molecule is CCOc1cc(C(=O)OCC(=O)c2c(C)[nH]c3ccccc23)ccc1OC. The van der Waals surface area contributed by atoms with Gasteiger partial charge < -0.3 is 19.2 Å². The molecule has 140 valence electrons. The predicted octanol–water partition coefficient (Wildman–Crippen LogP) is 3.92. The number of aryl methyl sites for hydroxylation is 1. The number of nitrogens with one attached hydrogen (secondary N) is 1. The van der Waals surface area contributed by atoms with Crippen LogP contribution in [0.2, 0.25) is 0 Å². The minimum absolute atomic E-state index is 0.253. The van der Waals surface area contributed by atoms with Crippen molar-refractivity contribution in [2.45, 2.75) is 13.8 Å². The quantitative estimate of drug-likeness (QED) is 0.506. The van der Waals surface area contributed by atoms with Gasteiger partial charge in [-0.2, -0.15) is 0 Å². The van der Waals surface area contributed by atoms with E-state index >= 15 is 0 Å². The molecule has 0 radical (unpaired) electrons. The van der Waals surface area contributed by atoms with Gasteiger partial charge in [-0.15, -0.1) is 0 Å². The molecule has 0 saturated carbocycles. The number of benzene rings is 2. The van der Waals surface area contributed by atoms with Crippen LogP contribution in [0, 0.1) is 6.92 Å². The molecule has 0 unspecified atom stereocenters. The number of Topliss-reactive ketones (excluding diaryl/α,β-unsaturated/α-hetero) is 1. The fourth-order valence-electron chi connectivity index (χ4n) is 2.99. The van der Waals surface area contributed by atoms with Gasteiger partial charge in [0.05, 0.1) is 19.3 Å². The highest BCUT2D eigenvalue weighted by atomic mass is 16.5. The van der Waals surface area contributed by atoms with Crippen molar-refractivity contribution >= 4 is 22.7 Å². The molecule has 6 heteroatoms. The van der Waals surface area contributed by atoms with Gasteiger partial charge >= 0.3 is 5.97 Å². The molecule has 0 bridgehead atoms. The second-order valence-electron chi connectivity index (χ2n) is 5.97. The molecule has 27 heavy (non-hydrogen) atoms. The van der Waals surface area contributed by atoms with E-state index in [1.54, 1.807) is 18.2 Å². The summed E-state index contributed by atoms with van der Waals surface area (Å²) in [6, 6.07) is 12.3. The lowest BCUT2D eigenvalue weighted by molar-refractivity contribution is 0.0474. The highest BCUT2D eigenvalue weighted by molar-refractivity contribution is 6.10. The molecule has 1 aromatic heterocycles. The summed E-state index contributed by atoms with van der Waals surface area (Å²) in [4.78, 5) is 28.1. The maximum atomic E-state index is 12.6. The molecule has 0 aliphatic carbocycles. The third kappa shape index (κ3) is 3.79. The van der Waals surface area contributed by atoms with Crippen molar-refractivity contribution in [2.75, 3.05) is 20.3 Å². The average molecular weight is 367 g/mol. The van der Waals surface area contributed by atoms with Crippen LogP contribution in [0.25, 0.3) is 10.9 Å². The van der Waals surface area contributed by atoms with Crippen molar-refractivity contribution in [3.8, 4) is 11.5 Å². The first-order chi connectivity index (χ1) is 13.0. The third-order valence-corrected chi connectivity index (χ3v) is 4.21. The fraction of sp³-hybridized carbons (Fsp3) is 0.238. The van der Waals surface area contributed by atoms with Crippen molar-refractivity contribution in [2.24, 2.45) is 0 Å². The van der Waals surface area contributed by atoms with Gasteiger partial charge in [-0.05, 0) is 38.1 Å². The van der Waals surface area contributed by atoms with Crippen LogP contribution in [-0.2, 0) is 4.74 Å². The monoisotopic (exact) mass is 367 g/mol. The Morgan fingerprint density at radius 3 is 2.59 bits per heavy atom. The second-order valence-corrected chi connectivity index (χ2v) is 5.97. The number of rotatable bonds is 7. The van der Waals surface area contributed by atoms with Gasteiger partial charge in [0.15, 0.2) is 18.1 Å². The normalized spacial score (nSPS) is 10.6. The number of aromatic amines is 1. The van der Waals surface area contributed by atoms with Crippen LogP contribution in [0.1, 0.15) is 33.3 Å². The van der Waals surface area contributed by atoms with E-state index in [0.29, 0.717) is 29.2 Å². The van der Waals surface area contributed by atoms with Crippen LogP contribution in [-0.4, -0.2) is 37.1 Å². The molecule has 3 aromatic rings. The number of carbonyl (C=O) groups is 2. The Kier molecular flexibility index (Phi) is 5.45. The van der Waals surface area contributed by atoms with Crippen LogP contribution in [0.4, 0.5) is 0 Å². The molecule has 0 atom stereocenters. The molecule has 3 rings (SSSR count). The van der Waals surface area contributed by atoms with Gasteiger partial charge in [0.2, 0.25) is 5.78 Å². The lowest BCUT2D eigenvalue weighted by Crippen LogP contribution is -2.15. The van der Waals surface area contributed by atoms with Crippen LogP contribution < -0.4 is 9.47 Å².